The van der Waals surface area contributed by atoms with E-state index in [9.17, 15) is 14.9 Å². The number of ketones is 1. The summed E-state index contributed by atoms with van der Waals surface area (Å²) in [5, 5.41) is 20.9. The number of nitrogens with zero attached hydrogens (tertiary/aromatic N) is 2. The third kappa shape index (κ3) is 4.46. The molecule has 0 aliphatic heterocycles. The maximum Gasteiger partial charge on any atom is 0.249 e. The molecule has 1 amide bonds. The fourth-order valence-corrected chi connectivity index (χ4v) is 2.25. The standard InChI is InChI=1S/C20H17N3O3/c1-13-7-9-16(10-8-13)23-20(25)17(12-22)19(24)14(2)26-18-6-4-3-5-15(18)11-21/h3-10,14,17H,1-2H3,(H,23,25)/t14-,17-/m0/s1. The van der Waals surface area contributed by atoms with Crippen molar-refractivity contribution in [2.75, 3.05) is 5.32 Å². The van der Waals surface area contributed by atoms with Crippen molar-refractivity contribution >= 4 is 17.4 Å². The van der Waals surface area contributed by atoms with Crippen molar-refractivity contribution in [2.24, 2.45) is 5.92 Å². The Bertz CT molecular complexity index is 892. The van der Waals surface area contributed by atoms with E-state index in [4.69, 9.17) is 10.00 Å². The summed E-state index contributed by atoms with van der Waals surface area (Å²) in [5.41, 5.74) is 1.79. The van der Waals surface area contributed by atoms with Gasteiger partial charge in [0.25, 0.3) is 0 Å². The molecule has 6 heteroatoms. The highest BCUT2D eigenvalue weighted by molar-refractivity contribution is 6.10. The smallest absolute Gasteiger partial charge is 0.249 e. The number of carbonyl (C=O) groups is 2. The number of para-hydroxylation sites is 1. The maximum absolute atomic E-state index is 12.5. The van der Waals surface area contributed by atoms with Crippen LogP contribution in [0.5, 0.6) is 5.75 Å². The first-order valence-corrected chi connectivity index (χ1v) is 7.93. The number of amides is 1. The van der Waals surface area contributed by atoms with Crippen molar-refractivity contribution in [3.05, 3.63) is 59.7 Å². The van der Waals surface area contributed by atoms with E-state index in [1.807, 2.05) is 25.1 Å². The molecule has 0 spiro atoms. The van der Waals surface area contributed by atoms with E-state index in [-0.39, 0.29) is 11.3 Å². The fraction of sp³-hybridized carbons (Fsp3) is 0.200. The first-order valence-electron chi connectivity index (χ1n) is 7.93. The first-order chi connectivity index (χ1) is 12.5. The van der Waals surface area contributed by atoms with E-state index in [1.54, 1.807) is 42.5 Å². The van der Waals surface area contributed by atoms with E-state index in [0.29, 0.717) is 5.69 Å². The Balaban J connectivity index is 2.09. The molecule has 0 heterocycles. The van der Waals surface area contributed by atoms with Crippen LogP contribution in [-0.2, 0) is 9.59 Å². The van der Waals surface area contributed by atoms with Gasteiger partial charge in [-0.05, 0) is 38.1 Å². The van der Waals surface area contributed by atoms with E-state index in [0.717, 1.165) is 5.56 Å². The third-order valence-corrected chi connectivity index (χ3v) is 3.71. The summed E-state index contributed by atoms with van der Waals surface area (Å²) in [5.74, 6) is -2.68. The first kappa shape index (κ1) is 18.7. The molecule has 2 aromatic carbocycles. The van der Waals surface area contributed by atoms with Crippen LogP contribution in [0.4, 0.5) is 5.69 Å². The summed E-state index contributed by atoms with van der Waals surface area (Å²) in [6.45, 7) is 3.35. The second kappa shape index (κ2) is 8.46. The predicted molar refractivity (Wildman–Crippen MR) is 95.2 cm³/mol. The number of nitriles is 2. The minimum absolute atomic E-state index is 0.228. The Morgan fingerprint density at radius 1 is 1.08 bits per heavy atom. The lowest BCUT2D eigenvalue weighted by molar-refractivity contribution is -0.133. The van der Waals surface area contributed by atoms with Gasteiger partial charge < -0.3 is 10.1 Å². The average molecular weight is 347 g/mol. The molecule has 0 aromatic heterocycles. The number of hydrogen-bond donors (Lipinski definition) is 1. The molecule has 0 bridgehead atoms. The van der Waals surface area contributed by atoms with E-state index in [1.165, 1.54) is 6.92 Å². The minimum atomic E-state index is -1.51. The lowest BCUT2D eigenvalue weighted by Crippen LogP contribution is -2.37. The van der Waals surface area contributed by atoms with Gasteiger partial charge in [0.1, 0.15) is 11.8 Å². The van der Waals surface area contributed by atoms with Gasteiger partial charge in [0.15, 0.2) is 17.8 Å². The van der Waals surface area contributed by atoms with E-state index >= 15 is 0 Å². The number of rotatable bonds is 6. The zero-order valence-electron chi connectivity index (χ0n) is 14.4. The van der Waals surface area contributed by atoms with E-state index < -0.39 is 23.7 Å². The number of benzene rings is 2. The molecule has 130 valence electrons. The molecule has 0 aliphatic carbocycles. The lowest BCUT2D eigenvalue weighted by Gasteiger charge is -2.17. The quantitative estimate of drug-likeness (QED) is 0.809. The number of aryl methyl sites for hydroxylation is 1. The van der Waals surface area contributed by atoms with Crippen LogP contribution < -0.4 is 10.1 Å². The average Bonchev–Trinajstić information content (AvgIpc) is 2.64. The Morgan fingerprint density at radius 3 is 2.35 bits per heavy atom. The molecule has 2 atom stereocenters. The Labute approximate surface area is 151 Å². The van der Waals surface area contributed by atoms with Crippen LogP contribution in [0.1, 0.15) is 18.1 Å². The molecule has 2 rings (SSSR count). The number of anilines is 1. The molecular weight excluding hydrogens is 330 g/mol. The van der Waals surface area contributed by atoms with Crippen LogP contribution in [0.2, 0.25) is 0 Å². The number of carbonyl (C=O) groups excluding carboxylic acids is 2. The van der Waals surface area contributed by atoms with Gasteiger partial charge in [0, 0.05) is 5.69 Å². The lowest BCUT2D eigenvalue weighted by atomic mass is 10.0. The van der Waals surface area contributed by atoms with Gasteiger partial charge in [-0.2, -0.15) is 10.5 Å². The minimum Gasteiger partial charge on any atom is -0.482 e. The zero-order valence-corrected chi connectivity index (χ0v) is 14.4. The van der Waals surface area contributed by atoms with Gasteiger partial charge in [0.2, 0.25) is 5.91 Å². The molecule has 0 aliphatic rings. The maximum atomic E-state index is 12.5. The summed E-state index contributed by atoms with van der Waals surface area (Å²) in [6.07, 6.45) is -1.06. The van der Waals surface area contributed by atoms with Gasteiger partial charge in [-0.25, -0.2) is 0 Å². The molecule has 0 unspecified atom stereocenters. The normalized spacial score (nSPS) is 12.2. The zero-order chi connectivity index (χ0) is 19.1. The number of ether oxygens (including phenoxy) is 1. The molecule has 2 aromatic rings. The predicted octanol–water partition coefficient (Wildman–Crippen LogP) is 2.98. The summed E-state index contributed by atoms with van der Waals surface area (Å²) < 4.78 is 5.49. The van der Waals surface area contributed by atoms with Gasteiger partial charge in [0.05, 0.1) is 11.6 Å². The van der Waals surface area contributed by atoms with Gasteiger partial charge in [-0.15, -0.1) is 0 Å². The molecule has 26 heavy (non-hydrogen) atoms. The van der Waals surface area contributed by atoms with Crippen LogP contribution in [-0.4, -0.2) is 17.8 Å². The molecule has 6 nitrogen and oxygen atoms in total. The van der Waals surface area contributed by atoms with E-state index in [2.05, 4.69) is 5.32 Å². The van der Waals surface area contributed by atoms with Crippen LogP contribution >= 0.6 is 0 Å². The van der Waals surface area contributed by atoms with Gasteiger partial charge in [-0.3, -0.25) is 9.59 Å². The summed E-state index contributed by atoms with van der Waals surface area (Å²) in [4.78, 5) is 24.8. The summed E-state index contributed by atoms with van der Waals surface area (Å²) in [6, 6.07) is 17.1. The monoisotopic (exact) mass is 347 g/mol. The molecule has 0 radical (unpaired) electrons. The second-order valence-electron chi connectivity index (χ2n) is 5.69. The number of hydrogen-bond acceptors (Lipinski definition) is 5. The number of nitrogens with one attached hydrogen (secondary N) is 1. The Morgan fingerprint density at radius 2 is 1.73 bits per heavy atom. The topological polar surface area (TPSA) is 103 Å². The molecule has 0 saturated carbocycles. The van der Waals surface area contributed by atoms with Crippen LogP contribution in [0.3, 0.4) is 0 Å². The third-order valence-electron chi connectivity index (χ3n) is 3.71. The highest BCUT2D eigenvalue weighted by Gasteiger charge is 2.32. The Hall–Kier alpha value is -3.64. The number of Topliss-reactive ketones (excluding diaryl/α,β-unsaturated/α-hetero) is 1. The van der Waals surface area contributed by atoms with Crippen molar-refractivity contribution in [1.82, 2.24) is 0 Å². The summed E-state index contributed by atoms with van der Waals surface area (Å²) >= 11 is 0. The molecular formula is C20H17N3O3. The van der Waals surface area contributed by atoms with Crippen LogP contribution in [0.15, 0.2) is 48.5 Å². The Kier molecular flexibility index (Phi) is 6.08. The van der Waals surface area contributed by atoms with Crippen molar-refractivity contribution in [3.63, 3.8) is 0 Å². The highest BCUT2D eigenvalue weighted by atomic mass is 16.5. The van der Waals surface area contributed by atoms with Crippen LogP contribution in [0, 0.1) is 35.5 Å². The molecule has 0 fully saturated rings. The van der Waals surface area contributed by atoms with Gasteiger partial charge >= 0.3 is 0 Å². The largest absolute Gasteiger partial charge is 0.482 e. The fourth-order valence-electron chi connectivity index (χ4n) is 2.25. The van der Waals surface area contributed by atoms with Crippen LogP contribution in [0.25, 0.3) is 0 Å². The van der Waals surface area contributed by atoms with Crippen molar-refractivity contribution in [2.45, 2.75) is 20.0 Å². The van der Waals surface area contributed by atoms with Crippen molar-refractivity contribution in [3.8, 4) is 17.9 Å². The SMILES string of the molecule is Cc1ccc(NC(=O)[C@@H](C#N)C(=O)[C@H](C)Oc2ccccc2C#N)cc1. The molecule has 1 N–H and O–H groups in total. The second-order valence-corrected chi connectivity index (χ2v) is 5.69. The highest BCUT2D eigenvalue weighted by Crippen LogP contribution is 2.20. The van der Waals surface area contributed by atoms with Crippen molar-refractivity contribution in [1.29, 1.82) is 10.5 Å². The van der Waals surface area contributed by atoms with Gasteiger partial charge in [-0.1, -0.05) is 29.8 Å². The summed E-state index contributed by atoms with van der Waals surface area (Å²) in [7, 11) is 0. The van der Waals surface area contributed by atoms with Crippen molar-refractivity contribution < 1.29 is 14.3 Å². The molecule has 0 saturated heterocycles.